The lowest BCUT2D eigenvalue weighted by molar-refractivity contribution is 0.100. The number of fused-ring (bicyclic) bond motifs is 1. The second-order valence-corrected chi connectivity index (χ2v) is 7.40. The third kappa shape index (κ3) is 3.60. The first-order valence-corrected chi connectivity index (χ1v) is 9.76. The molecule has 0 bridgehead atoms. The van der Waals surface area contributed by atoms with Gasteiger partial charge in [0.25, 0.3) is 5.91 Å². The van der Waals surface area contributed by atoms with Gasteiger partial charge in [-0.15, -0.1) is 0 Å². The van der Waals surface area contributed by atoms with Crippen molar-refractivity contribution in [1.29, 1.82) is 0 Å². The molecule has 3 N–H and O–H groups in total. The van der Waals surface area contributed by atoms with Gasteiger partial charge in [-0.1, -0.05) is 43.2 Å². The number of aromatic nitrogens is 2. The summed E-state index contributed by atoms with van der Waals surface area (Å²) >= 11 is 0. The highest BCUT2D eigenvalue weighted by Crippen LogP contribution is 2.27. The Labute approximate surface area is 159 Å². The first kappa shape index (κ1) is 17.7. The highest BCUT2D eigenvalue weighted by atomic mass is 16.1. The summed E-state index contributed by atoms with van der Waals surface area (Å²) < 4.78 is 0. The number of primary amides is 1. The molecule has 1 unspecified atom stereocenters. The monoisotopic (exact) mass is 362 g/mol. The number of rotatable bonds is 4. The van der Waals surface area contributed by atoms with Crippen molar-refractivity contribution in [2.24, 2.45) is 5.73 Å². The molecular weight excluding hydrogens is 336 g/mol. The van der Waals surface area contributed by atoms with Gasteiger partial charge in [0.05, 0.1) is 11.1 Å². The molecule has 5 nitrogen and oxygen atoms in total. The minimum absolute atomic E-state index is 0.425. The maximum atomic E-state index is 11.6. The van der Waals surface area contributed by atoms with Gasteiger partial charge in [0.2, 0.25) is 0 Å². The highest BCUT2D eigenvalue weighted by molar-refractivity contribution is 6.04. The minimum Gasteiger partial charge on any atom is -0.366 e. The van der Waals surface area contributed by atoms with Crippen LogP contribution >= 0.6 is 0 Å². The number of para-hydroxylation sites is 1. The summed E-state index contributed by atoms with van der Waals surface area (Å²) in [5, 5.41) is 0. The fourth-order valence-corrected chi connectivity index (χ4v) is 3.98. The van der Waals surface area contributed by atoms with Gasteiger partial charge in [-0.3, -0.25) is 9.69 Å². The van der Waals surface area contributed by atoms with Crippen molar-refractivity contribution in [2.75, 3.05) is 13.1 Å². The molecule has 1 aliphatic heterocycles. The van der Waals surface area contributed by atoms with Crippen molar-refractivity contribution in [3.63, 3.8) is 0 Å². The van der Waals surface area contributed by atoms with Crippen molar-refractivity contribution in [1.82, 2.24) is 14.9 Å². The molecule has 140 valence electrons. The fourth-order valence-electron chi connectivity index (χ4n) is 3.98. The van der Waals surface area contributed by atoms with Crippen LogP contribution in [0.2, 0.25) is 0 Å². The Morgan fingerprint density at radius 2 is 1.78 bits per heavy atom. The van der Waals surface area contributed by atoms with Crippen LogP contribution in [-0.2, 0) is 0 Å². The van der Waals surface area contributed by atoms with E-state index in [1.807, 2.05) is 12.1 Å². The van der Waals surface area contributed by atoms with Crippen molar-refractivity contribution >= 4 is 16.9 Å². The van der Waals surface area contributed by atoms with Crippen molar-refractivity contribution in [2.45, 2.75) is 38.6 Å². The molecular formula is C22H26N4O. The summed E-state index contributed by atoms with van der Waals surface area (Å²) in [5.74, 6) is 0.299. The average molecular weight is 362 g/mol. The topological polar surface area (TPSA) is 75.0 Å². The van der Waals surface area contributed by atoms with Gasteiger partial charge in [-0.2, -0.15) is 0 Å². The number of amides is 1. The highest BCUT2D eigenvalue weighted by Gasteiger charge is 2.18. The molecule has 1 aliphatic rings. The molecule has 2 aromatic carbocycles. The zero-order valence-corrected chi connectivity index (χ0v) is 15.7. The Bertz CT molecular complexity index is 937. The number of aromatic amines is 1. The quantitative estimate of drug-likeness (QED) is 0.728. The van der Waals surface area contributed by atoms with Crippen LogP contribution in [0.3, 0.4) is 0 Å². The van der Waals surface area contributed by atoms with Crippen LogP contribution in [0.25, 0.3) is 22.4 Å². The van der Waals surface area contributed by atoms with Crippen LogP contribution in [0.5, 0.6) is 0 Å². The van der Waals surface area contributed by atoms with Gasteiger partial charge in [-0.05, 0) is 50.6 Å². The number of hydrogen-bond donors (Lipinski definition) is 2. The number of benzene rings is 2. The zero-order chi connectivity index (χ0) is 18.8. The first-order valence-electron chi connectivity index (χ1n) is 9.76. The van der Waals surface area contributed by atoms with E-state index in [4.69, 9.17) is 5.73 Å². The van der Waals surface area contributed by atoms with E-state index in [1.54, 1.807) is 6.07 Å². The summed E-state index contributed by atoms with van der Waals surface area (Å²) in [6, 6.07) is 14.4. The molecule has 27 heavy (non-hydrogen) atoms. The van der Waals surface area contributed by atoms with Crippen LogP contribution in [0.1, 0.15) is 54.6 Å². The molecule has 1 fully saturated rings. The normalized spacial score (nSPS) is 16.9. The molecule has 5 heteroatoms. The van der Waals surface area contributed by atoms with E-state index in [-0.39, 0.29) is 0 Å². The van der Waals surface area contributed by atoms with Gasteiger partial charge in [0.15, 0.2) is 0 Å². The van der Waals surface area contributed by atoms with Crippen molar-refractivity contribution in [3.8, 4) is 11.4 Å². The van der Waals surface area contributed by atoms with E-state index in [1.165, 1.54) is 44.3 Å². The number of likely N-dealkylation sites (tertiary alicyclic amines) is 1. The summed E-state index contributed by atoms with van der Waals surface area (Å²) in [4.78, 5) is 22.1. The third-order valence-corrected chi connectivity index (χ3v) is 5.63. The Morgan fingerprint density at radius 1 is 1.07 bits per heavy atom. The summed E-state index contributed by atoms with van der Waals surface area (Å²) in [5.41, 5.74) is 9.70. The number of nitrogens with zero attached hydrogens (tertiary/aromatic N) is 2. The van der Waals surface area contributed by atoms with Gasteiger partial charge in [-0.25, -0.2) is 4.98 Å². The SMILES string of the molecule is CC(c1ccc(-c2nc3c(C(N)=O)cccc3[nH]2)cc1)N1CCCCCC1. The molecule has 0 saturated carbocycles. The van der Waals surface area contributed by atoms with E-state index in [9.17, 15) is 4.79 Å². The van der Waals surface area contributed by atoms with Crippen LogP contribution < -0.4 is 5.73 Å². The number of nitrogens with two attached hydrogens (primary N) is 1. The van der Waals surface area contributed by atoms with Crippen LogP contribution in [0, 0.1) is 0 Å². The molecule has 1 atom stereocenters. The lowest BCUT2D eigenvalue weighted by atomic mass is 10.0. The Hall–Kier alpha value is -2.66. The first-order chi connectivity index (χ1) is 13.1. The molecule has 0 spiro atoms. The summed E-state index contributed by atoms with van der Waals surface area (Å²) in [7, 11) is 0. The number of hydrogen-bond acceptors (Lipinski definition) is 3. The molecule has 2 heterocycles. The summed E-state index contributed by atoms with van der Waals surface area (Å²) in [6.07, 6.45) is 5.29. The second kappa shape index (κ2) is 7.53. The smallest absolute Gasteiger partial charge is 0.250 e. The van der Waals surface area contributed by atoms with E-state index in [2.05, 4.69) is 46.1 Å². The Kier molecular flexibility index (Phi) is 4.94. The van der Waals surface area contributed by atoms with Crippen LogP contribution in [0.15, 0.2) is 42.5 Å². The molecule has 3 aromatic rings. The summed E-state index contributed by atoms with van der Waals surface area (Å²) in [6.45, 7) is 4.66. The lowest BCUT2D eigenvalue weighted by Crippen LogP contribution is -2.27. The zero-order valence-electron chi connectivity index (χ0n) is 15.7. The number of imidazole rings is 1. The Morgan fingerprint density at radius 3 is 2.44 bits per heavy atom. The number of carbonyl (C=O) groups is 1. The molecule has 0 radical (unpaired) electrons. The van der Waals surface area contributed by atoms with E-state index < -0.39 is 5.91 Å². The number of H-pyrrole nitrogens is 1. The van der Waals surface area contributed by atoms with E-state index in [0.29, 0.717) is 17.1 Å². The van der Waals surface area contributed by atoms with Crippen molar-refractivity contribution < 1.29 is 4.79 Å². The second-order valence-electron chi connectivity index (χ2n) is 7.40. The van der Waals surface area contributed by atoms with Gasteiger partial charge < -0.3 is 10.7 Å². The molecule has 4 rings (SSSR count). The lowest BCUT2D eigenvalue weighted by Gasteiger charge is -2.28. The maximum Gasteiger partial charge on any atom is 0.250 e. The molecule has 0 aliphatic carbocycles. The third-order valence-electron chi connectivity index (χ3n) is 5.63. The van der Waals surface area contributed by atoms with E-state index >= 15 is 0 Å². The fraction of sp³-hybridized carbons (Fsp3) is 0.364. The Balaban J connectivity index is 1.59. The predicted molar refractivity (Wildman–Crippen MR) is 109 cm³/mol. The molecule has 1 saturated heterocycles. The number of nitrogens with one attached hydrogen (secondary N) is 1. The molecule has 1 amide bonds. The minimum atomic E-state index is -0.458. The van der Waals surface area contributed by atoms with Gasteiger partial charge in [0.1, 0.15) is 11.3 Å². The standard InChI is InChI=1S/C22H26N4O/c1-15(26-13-4-2-3-5-14-26)16-9-11-17(12-10-16)22-24-19-8-6-7-18(21(23)27)20(19)25-22/h6-12,15H,2-5,13-14H2,1H3,(H2,23,27)(H,24,25). The van der Waals surface area contributed by atoms with Gasteiger partial charge in [0, 0.05) is 11.6 Å². The van der Waals surface area contributed by atoms with Crippen LogP contribution in [0.4, 0.5) is 0 Å². The number of carbonyl (C=O) groups excluding carboxylic acids is 1. The largest absolute Gasteiger partial charge is 0.366 e. The van der Waals surface area contributed by atoms with Crippen LogP contribution in [-0.4, -0.2) is 33.9 Å². The van der Waals surface area contributed by atoms with Crippen molar-refractivity contribution in [3.05, 3.63) is 53.6 Å². The average Bonchev–Trinajstić information content (AvgIpc) is 2.94. The van der Waals surface area contributed by atoms with Gasteiger partial charge >= 0.3 is 0 Å². The predicted octanol–water partition coefficient (Wildman–Crippen LogP) is 4.27. The molecule has 1 aromatic heterocycles. The van der Waals surface area contributed by atoms with E-state index in [0.717, 1.165) is 16.9 Å². The maximum absolute atomic E-state index is 11.6.